The zero-order valence-electron chi connectivity index (χ0n) is 21.6. The first-order chi connectivity index (χ1) is 15.8. The van der Waals surface area contributed by atoms with E-state index in [1.165, 1.54) is 0 Å². The number of hydrogen-bond donors (Lipinski definition) is 3. The summed E-state index contributed by atoms with van der Waals surface area (Å²) >= 11 is 0. The molecule has 0 aromatic heterocycles. The van der Waals surface area contributed by atoms with Gasteiger partial charge in [-0.25, -0.2) is 0 Å². The van der Waals surface area contributed by atoms with E-state index in [1.54, 1.807) is 0 Å². The summed E-state index contributed by atoms with van der Waals surface area (Å²) in [5.41, 5.74) is 0.775. The lowest BCUT2D eigenvalue weighted by Gasteiger charge is -2.44. The van der Waals surface area contributed by atoms with Gasteiger partial charge in [0.1, 0.15) is 6.10 Å². The third kappa shape index (κ3) is 8.51. The van der Waals surface area contributed by atoms with E-state index >= 15 is 0 Å². The maximum Gasteiger partial charge on any atom is 0.308 e. The number of esters is 1. The van der Waals surface area contributed by atoms with Crippen LogP contribution in [0.2, 0.25) is 0 Å². The average molecular weight is 481 g/mol. The Morgan fingerprint density at radius 2 is 1.88 bits per heavy atom. The third-order valence-corrected chi connectivity index (χ3v) is 6.93. The second kappa shape index (κ2) is 12.3. The largest absolute Gasteiger partial charge is 0.481 e. The van der Waals surface area contributed by atoms with Crippen molar-refractivity contribution in [3.8, 4) is 0 Å². The Hall–Kier alpha value is -1.70. The van der Waals surface area contributed by atoms with Gasteiger partial charge in [-0.15, -0.1) is 0 Å². The Labute approximate surface area is 204 Å². The highest BCUT2D eigenvalue weighted by Gasteiger charge is 2.43. The van der Waals surface area contributed by atoms with Crippen LogP contribution in [-0.4, -0.2) is 57.3 Å². The fourth-order valence-electron chi connectivity index (χ4n) is 5.04. The van der Waals surface area contributed by atoms with Crippen LogP contribution in [0.4, 0.5) is 0 Å². The van der Waals surface area contributed by atoms with Crippen molar-refractivity contribution in [2.45, 2.75) is 110 Å². The molecule has 7 heteroatoms. The molecule has 3 N–H and O–H groups in total. The second-order valence-corrected chi connectivity index (χ2v) is 11.1. The predicted molar refractivity (Wildman–Crippen MR) is 130 cm³/mol. The van der Waals surface area contributed by atoms with Crippen molar-refractivity contribution in [3.05, 3.63) is 23.8 Å². The molecule has 0 aromatic rings. The van der Waals surface area contributed by atoms with Crippen molar-refractivity contribution in [2.75, 3.05) is 0 Å². The van der Waals surface area contributed by atoms with Crippen molar-refractivity contribution < 1.29 is 34.4 Å². The maximum atomic E-state index is 12.8. The minimum absolute atomic E-state index is 0.00367. The zero-order chi connectivity index (χ0) is 25.6. The zero-order valence-corrected chi connectivity index (χ0v) is 21.6. The first-order valence-corrected chi connectivity index (χ1v) is 12.7. The van der Waals surface area contributed by atoms with Crippen LogP contribution in [0.1, 0.15) is 80.1 Å². The van der Waals surface area contributed by atoms with Crippen LogP contribution in [0.15, 0.2) is 23.8 Å². The van der Waals surface area contributed by atoms with Gasteiger partial charge >= 0.3 is 11.9 Å². The smallest absolute Gasteiger partial charge is 0.308 e. The quantitative estimate of drug-likeness (QED) is 0.379. The van der Waals surface area contributed by atoms with E-state index in [0.717, 1.165) is 5.57 Å². The second-order valence-electron chi connectivity index (χ2n) is 11.1. The molecule has 194 valence electrons. The molecule has 0 fully saturated rings. The number of hydrogen-bond acceptors (Lipinski definition) is 6. The number of carboxylic acids is 1. The molecule has 2 aliphatic carbocycles. The number of aliphatic hydroxyl groups is 2. The number of carboxylic acid groups (broad SMARTS) is 1. The van der Waals surface area contributed by atoms with E-state index in [4.69, 9.17) is 14.6 Å². The summed E-state index contributed by atoms with van der Waals surface area (Å²) in [5.74, 6) is -1.08. The molecule has 0 saturated carbocycles. The molecule has 0 aliphatic heterocycles. The van der Waals surface area contributed by atoms with Crippen molar-refractivity contribution in [1.29, 1.82) is 0 Å². The van der Waals surface area contributed by atoms with E-state index in [9.17, 15) is 19.8 Å². The SMILES string of the molecule is CC[C@H](C)C(=O)O[C@H]1C[C@H](OC(C)(C)C)C=C2C=C[C@H](C)[C@H](CC[C@@H](O)C[C@@H](O)CC(=O)O)[C@H]21. The number of rotatable bonds is 11. The first kappa shape index (κ1) is 28.5. The molecule has 8 atom stereocenters. The number of allylic oxidation sites excluding steroid dienone is 2. The highest BCUT2D eigenvalue weighted by Crippen LogP contribution is 2.45. The van der Waals surface area contributed by atoms with Gasteiger partial charge in [0, 0.05) is 12.3 Å². The summed E-state index contributed by atoms with van der Waals surface area (Å²) in [4.78, 5) is 23.6. The van der Waals surface area contributed by atoms with E-state index in [2.05, 4.69) is 25.2 Å². The highest BCUT2D eigenvalue weighted by atomic mass is 16.5. The van der Waals surface area contributed by atoms with Gasteiger partial charge in [0.2, 0.25) is 0 Å². The Bertz CT molecular complexity index is 751. The summed E-state index contributed by atoms with van der Waals surface area (Å²) in [6.07, 6.45) is 6.16. The fraction of sp³-hybridized carbons (Fsp3) is 0.778. The molecule has 0 amide bonds. The minimum atomic E-state index is -1.08. The monoisotopic (exact) mass is 480 g/mol. The van der Waals surface area contributed by atoms with Crippen molar-refractivity contribution >= 4 is 11.9 Å². The lowest BCUT2D eigenvalue weighted by molar-refractivity contribution is -0.161. The lowest BCUT2D eigenvalue weighted by atomic mass is 9.66. The number of aliphatic carboxylic acids is 1. The van der Waals surface area contributed by atoms with Crippen LogP contribution in [0.5, 0.6) is 0 Å². The standard InChI is InChI=1S/C27H44O7/c1-7-16(2)26(32)33-23-15-21(34-27(4,5)6)12-18-9-8-17(3)22(25(18)23)11-10-19(28)13-20(29)14-24(30)31/h8-9,12,16-17,19-23,25,28-29H,7,10-11,13-15H2,1-6H3,(H,30,31)/t16-,17-,19+,20+,21+,22-,23-,25-/m0/s1. The van der Waals surface area contributed by atoms with Crippen LogP contribution in [0, 0.1) is 23.7 Å². The molecular formula is C27H44O7. The predicted octanol–water partition coefficient (Wildman–Crippen LogP) is 4.26. The Balaban J connectivity index is 2.21. The minimum Gasteiger partial charge on any atom is -0.481 e. The van der Waals surface area contributed by atoms with E-state index in [1.807, 2.05) is 34.6 Å². The van der Waals surface area contributed by atoms with Crippen LogP contribution < -0.4 is 0 Å². The molecule has 0 spiro atoms. The van der Waals surface area contributed by atoms with Crippen LogP contribution in [-0.2, 0) is 19.1 Å². The molecule has 0 saturated heterocycles. The van der Waals surface area contributed by atoms with Gasteiger partial charge in [-0.2, -0.15) is 0 Å². The third-order valence-electron chi connectivity index (χ3n) is 6.93. The Kier molecular flexibility index (Phi) is 10.3. The van der Waals surface area contributed by atoms with E-state index in [-0.39, 0.29) is 60.3 Å². The van der Waals surface area contributed by atoms with Gasteiger partial charge in [-0.3, -0.25) is 9.59 Å². The average Bonchev–Trinajstić information content (AvgIpc) is 2.70. The van der Waals surface area contributed by atoms with E-state index in [0.29, 0.717) is 25.7 Å². The van der Waals surface area contributed by atoms with Crippen LogP contribution >= 0.6 is 0 Å². The lowest BCUT2D eigenvalue weighted by Crippen LogP contribution is -2.44. The summed E-state index contributed by atoms with van der Waals surface area (Å²) in [6, 6.07) is 0. The summed E-state index contributed by atoms with van der Waals surface area (Å²) < 4.78 is 12.3. The van der Waals surface area contributed by atoms with Gasteiger partial charge in [-0.05, 0) is 63.9 Å². The van der Waals surface area contributed by atoms with Gasteiger partial charge in [-0.1, -0.05) is 39.0 Å². The number of aliphatic hydroxyl groups excluding tert-OH is 2. The molecular weight excluding hydrogens is 436 g/mol. The van der Waals surface area contributed by atoms with Gasteiger partial charge in [0.05, 0.1) is 36.3 Å². The number of ether oxygens (including phenoxy) is 2. The first-order valence-electron chi connectivity index (χ1n) is 12.7. The van der Waals surface area contributed by atoms with Crippen molar-refractivity contribution in [2.24, 2.45) is 23.7 Å². The molecule has 0 radical (unpaired) electrons. The summed E-state index contributed by atoms with van der Waals surface area (Å²) in [7, 11) is 0. The van der Waals surface area contributed by atoms with Crippen LogP contribution in [0.25, 0.3) is 0 Å². The highest BCUT2D eigenvalue weighted by molar-refractivity contribution is 5.72. The molecule has 7 nitrogen and oxygen atoms in total. The fourth-order valence-corrected chi connectivity index (χ4v) is 5.04. The molecule has 2 rings (SSSR count). The molecule has 0 heterocycles. The maximum absolute atomic E-state index is 12.8. The van der Waals surface area contributed by atoms with Crippen molar-refractivity contribution in [1.82, 2.24) is 0 Å². The Morgan fingerprint density at radius 3 is 2.47 bits per heavy atom. The molecule has 0 aromatic carbocycles. The number of carbonyl (C=O) groups is 2. The van der Waals surface area contributed by atoms with Crippen molar-refractivity contribution in [3.63, 3.8) is 0 Å². The van der Waals surface area contributed by atoms with E-state index < -0.39 is 18.2 Å². The molecule has 34 heavy (non-hydrogen) atoms. The number of carbonyl (C=O) groups excluding carboxylic acids is 1. The van der Waals surface area contributed by atoms with Gasteiger partial charge < -0.3 is 24.8 Å². The molecule has 2 aliphatic rings. The summed E-state index contributed by atoms with van der Waals surface area (Å²) in [5, 5.41) is 29.1. The Morgan fingerprint density at radius 1 is 1.21 bits per heavy atom. The normalized spacial score (nSPS) is 29.5. The molecule has 0 bridgehead atoms. The van der Waals surface area contributed by atoms with Gasteiger partial charge in [0.25, 0.3) is 0 Å². The van der Waals surface area contributed by atoms with Crippen LogP contribution in [0.3, 0.4) is 0 Å². The topological polar surface area (TPSA) is 113 Å². The molecule has 0 unspecified atom stereocenters. The summed E-state index contributed by atoms with van der Waals surface area (Å²) in [6.45, 7) is 12.0. The van der Waals surface area contributed by atoms with Gasteiger partial charge in [0.15, 0.2) is 0 Å². The number of fused-ring (bicyclic) bond motifs is 1.